The number of amides is 1. The summed E-state index contributed by atoms with van der Waals surface area (Å²) in [4.78, 5) is 19.2. The van der Waals surface area contributed by atoms with Crippen LogP contribution in [0.4, 0.5) is 0 Å². The molecule has 1 unspecified atom stereocenters. The first-order valence-corrected chi connectivity index (χ1v) is 10.6. The third-order valence-electron chi connectivity index (χ3n) is 4.78. The number of aromatic nitrogens is 1. The number of unbranched alkanes of at least 4 members (excludes halogenated alkanes) is 1. The fourth-order valence-electron chi connectivity index (χ4n) is 3.44. The van der Waals surface area contributed by atoms with Gasteiger partial charge in [-0.15, -0.1) is 0 Å². The Balaban J connectivity index is 1.82. The third-order valence-corrected chi connectivity index (χ3v) is 6.53. The van der Waals surface area contributed by atoms with Crippen molar-refractivity contribution in [1.82, 2.24) is 9.88 Å². The van der Waals surface area contributed by atoms with Gasteiger partial charge in [0.15, 0.2) is 9.84 Å². The average molecular weight is 360 g/mol. The summed E-state index contributed by atoms with van der Waals surface area (Å²) in [5.74, 6) is 0.272. The maximum atomic E-state index is 13.0. The van der Waals surface area contributed by atoms with Gasteiger partial charge in [-0.1, -0.05) is 37.6 Å². The minimum Gasteiger partial charge on any atom is -0.338 e. The number of benzene rings is 1. The van der Waals surface area contributed by atoms with Gasteiger partial charge in [0.25, 0.3) is 0 Å². The zero-order valence-electron chi connectivity index (χ0n) is 14.5. The SMILES string of the molecule is CCCCN(C(=O)Cc1cccc2cccnc12)C1CCS(=O)(=O)C1. The molecule has 0 bridgehead atoms. The van der Waals surface area contributed by atoms with Gasteiger partial charge in [-0.3, -0.25) is 9.78 Å². The Morgan fingerprint density at radius 1 is 1.28 bits per heavy atom. The second-order valence-electron chi connectivity index (χ2n) is 6.67. The Morgan fingerprint density at radius 3 is 2.80 bits per heavy atom. The van der Waals surface area contributed by atoms with Crippen LogP contribution in [0.5, 0.6) is 0 Å². The van der Waals surface area contributed by atoms with Crippen molar-refractivity contribution >= 4 is 26.6 Å². The van der Waals surface area contributed by atoms with Crippen molar-refractivity contribution in [2.75, 3.05) is 18.1 Å². The lowest BCUT2D eigenvalue weighted by Crippen LogP contribution is -2.42. The van der Waals surface area contributed by atoms with Crippen LogP contribution in [0, 0.1) is 0 Å². The van der Waals surface area contributed by atoms with Crippen LogP contribution < -0.4 is 0 Å². The lowest BCUT2D eigenvalue weighted by molar-refractivity contribution is -0.132. The first kappa shape index (κ1) is 17.9. The summed E-state index contributed by atoms with van der Waals surface area (Å²) in [6.45, 7) is 2.69. The highest BCUT2D eigenvalue weighted by Gasteiger charge is 2.34. The minimum absolute atomic E-state index is 0.00583. The number of pyridine rings is 1. The van der Waals surface area contributed by atoms with Gasteiger partial charge in [0.05, 0.1) is 23.4 Å². The highest BCUT2D eigenvalue weighted by Crippen LogP contribution is 2.22. The van der Waals surface area contributed by atoms with E-state index in [1.54, 1.807) is 11.1 Å². The molecule has 1 aliphatic rings. The lowest BCUT2D eigenvalue weighted by Gasteiger charge is -2.28. The number of rotatable bonds is 6. The van der Waals surface area contributed by atoms with E-state index in [0.29, 0.717) is 13.0 Å². The van der Waals surface area contributed by atoms with E-state index in [4.69, 9.17) is 0 Å². The molecule has 1 atom stereocenters. The van der Waals surface area contributed by atoms with Crippen molar-refractivity contribution in [1.29, 1.82) is 0 Å². The topological polar surface area (TPSA) is 67.3 Å². The number of sulfone groups is 1. The molecule has 1 saturated heterocycles. The Morgan fingerprint density at radius 2 is 2.08 bits per heavy atom. The first-order valence-electron chi connectivity index (χ1n) is 8.82. The summed E-state index contributed by atoms with van der Waals surface area (Å²) in [7, 11) is -3.01. The van der Waals surface area contributed by atoms with Gasteiger partial charge in [-0.2, -0.15) is 0 Å². The molecule has 3 rings (SSSR count). The summed E-state index contributed by atoms with van der Waals surface area (Å²) in [5, 5.41) is 1.01. The standard InChI is InChI=1S/C19H24N2O3S/c1-2-3-11-21(17-9-12-25(23,24)14-17)18(22)13-16-7-4-6-15-8-5-10-20-19(15)16/h4-8,10,17H,2-3,9,11-14H2,1H3. The smallest absolute Gasteiger partial charge is 0.227 e. The first-order chi connectivity index (χ1) is 12.0. The second kappa shape index (κ2) is 7.52. The van der Waals surface area contributed by atoms with E-state index in [2.05, 4.69) is 11.9 Å². The molecule has 0 radical (unpaired) electrons. The molecule has 1 amide bonds. The van der Waals surface area contributed by atoms with Gasteiger partial charge in [-0.05, 0) is 24.5 Å². The van der Waals surface area contributed by atoms with Crippen LogP contribution in [0.2, 0.25) is 0 Å². The molecular weight excluding hydrogens is 336 g/mol. The van der Waals surface area contributed by atoms with Crippen molar-refractivity contribution in [3.63, 3.8) is 0 Å². The van der Waals surface area contributed by atoms with Crippen LogP contribution in [0.15, 0.2) is 36.5 Å². The van der Waals surface area contributed by atoms with Crippen LogP contribution in [0.3, 0.4) is 0 Å². The maximum Gasteiger partial charge on any atom is 0.227 e. The molecule has 1 aromatic carbocycles. The molecule has 6 heteroatoms. The normalized spacial score (nSPS) is 19.2. The number of hydrogen-bond donors (Lipinski definition) is 0. The number of nitrogens with zero attached hydrogens (tertiary/aromatic N) is 2. The molecule has 1 aromatic heterocycles. The molecule has 1 aliphatic heterocycles. The molecular formula is C19H24N2O3S. The predicted octanol–water partition coefficient (Wildman–Crippen LogP) is 2.59. The molecule has 25 heavy (non-hydrogen) atoms. The van der Waals surface area contributed by atoms with Gasteiger partial charge in [0, 0.05) is 24.2 Å². The van der Waals surface area contributed by atoms with Crippen LogP contribution in [0.25, 0.3) is 10.9 Å². The Bertz CT molecular complexity index is 859. The number of carbonyl (C=O) groups is 1. The summed E-state index contributed by atoms with van der Waals surface area (Å²) in [5.41, 5.74) is 1.73. The Labute approximate surface area is 149 Å². The third kappa shape index (κ3) is 4.18. The van der Waals surface area contributed by atoms with Crippen molar-refractivity contribution in [3.05, 3.63) is 42.1 Å². The van der Waals surface area contributed by atoms with E-state index in [1.165, 1.54) is 0 Å². The van der Waals surface area contributed by atoms with E-state index >= 15 is 0 Å². The van der Waals surface area contributed by atoms with Crippen molar-refractivity contribution < 1.29 is 13.2 Å². The van der Waals surface area contributed by atoms with Gasteiger partial charge in [-0.25, -0.2) is 8.42 Å². The maximum absolute atomic E-state index is 13.0. The molecule has 1 fully saturated rings. The van der Waals surface area contributed by atoms with Crippen LogP contribution in [-0.4, -0.2) is 48.3 Å². The second-order valence-corrected chi connectivity index (χ2v) is 8.90. The van der Waals surface area contributed by atoms with E-state index in [-0.39, 0.29) is 29.9 Å². The van der Waals surface area contributed by atoms with Crippen molar-refractivity contribution in [2.24, 2.45) is 0 Å². The molecule has 0 N–H and O–H groups in total. The van der Waals surface area contributed by atoms with Crippen LogP contribution >= 0.6 is 0 Å². The lowest BCUT2D eigenvalue weighted by atomic mass is 10.1. The zero-order valence-corrected chi connectivity index (χ0v) is 15.3. The number of para-hydroxylation sites is 1. The zero-order chi connectivity index (χ0) is 17.9. The molecule has 2 heterocycles. The number of hydrogen-bond acceptors (Lipinski definition) is 4. The summed E-state index contributed by atoms with van der Waals surface area (Å²) in [6.07, 6.45) is 4.39. The van der Waals surface area contributed by atoms with Gasteiger partial charge >= 0.3 is 0 Å². The highest BCUT2D eigenvalue weighted by molar-refractivity contribution is 7.91. The molecule has 0 spiro atoms. The Kier molecular flexibility index (Phi) is 5.37. The van der Waals surface area contributed by atoms with Gasteiger partial charge in [0.2, 0.25) is 5.91 Å². The quantitative estimate of drug-likeness (QED) is 0.794. The van der Waals surface area contributed by atoms with E-state index in [0.717, 1.165) is 29.3 Å². The summed E-state index contributed by atoms with van der Waals surface area (Å²) < 4.78 is 23.7. The van der Waals surface area contributed by atoms with Gasteiger partial charge in [0.1, 0.15) is 0 Å². The van der Waals surface area contributed by atoms with Crippen molar-refractivity contribution in [2.45, 2.75) is 38.6 Å². The average Bonchev–Trinajstić information content (AvgIpc) is 2.95. The van der Waals surface area contributed by atoms with Crippen LogP contribution in [0.1, 0.15) is 31.7 Å². The molecule has 2 aromatic rings. The summed E-state index contributed by atoms with van der Waals surface area (Å²) >= 11 is 0. The largest absolute Gasteiger partial charge is 0.338 e. The van der Waals surface area contributed by atoms with E-state index in [1.807, 2.05) is 30.3 Å². The predicted molar refractivity (Wildman–Crippen MR) is 99.1 cm³/mol. The number of fused-ring (bicyclic) bond motifs is 1. The number of carbonyl (C=O) groups excluding carboxylic acids is 1. The van der Waals surface area contributed by atoms with Crippen molar-refractivity contribution in [3.8, 4) is 0 Å². The van der Waals surface area contributed by atoms with E-state index in [9.17, 15) is 13.2 Å². The summed E-state index contributed by atoms with van der Waals surface area (Å²) in [6, 6.07) is 9.51. The molecule has 5 nitrogen and oxygen atoms in total. The van der Waals surface area contributed by atoms with Gasteiger partial charge < -0.3 is 4.90 Å². The Hall–Kier alpha value is -1.95. The fourth-order valence-corrected chi connectivity index (χ4v) is 5.17. The molecule has 0 saturated carbocycles. The highest BCUT2D eigenvalue weighted by atomic mass is 32.2. The molecule has 134 valence electrons. The van der Waals surface area contributed by atoms with E-state index < -0.39 is 9.84 Å². The van der Waals surface area contributed by atoms with Crippen LogP contribution in [-0.2, 0) is 21.1 Å². The molecule has 0 aliphatic carbocycles. The monoisotopic (exact) mass is 360 g/mol. The fraction of sp³-hybridized carbons (Fsp3) is 0.474. The minimum atomic E-state index is -3.01.